The third kappa shape index (κ3) is 3.04. The summed E-state index contributed by atoms with van der Waals surface area (Å²) in [6.45, 7) is 3.61. The summed E-state index contributed by atoms with van der Waals surface area (Å²) in [5.74, 6) is 2.34. The Hall–Kier alpha value is -2.84. The molecule has 0 radical (unpaired) electrons. The molecule has 0 saturated heterocycles. The summed E-state index contributed by atoms with van der Waals surface area (Å²) in [5, 5.41) is 22.7. The number of aliphatic hydroxyl groups excluding tert-OH is 1. The van der Waals surface area contributed by atoms with E-state index in [-0.39, 0.29) is 12.7 Å². The summed E-state index contributed by atoms with van der Waals surface area (Å²) in [4.78, 5) is 0. The molecule has 31 heavy (non-hydrogen) atoms. The lowest BCUT2D eigenvalue weighted by atomic mass is 9.73. The maximum Gasteiger partial charge on any atom is 0.231 e. The minimum Gasteiger partial charge on any atom is -0.493 e. The second-order valence-electron chi connectivity index (χ2n) is 8.02. The molecule has 2 aromatic carbocycles. The number of methoxy groups -OCH3 is 4. The SMILES string of the molecule is COc1cc2c(c(OC)c1OC)-c1c(cc3c(c1OC)OCO3)C[C@@H](C)[C@@](C)(O)[C@@H]2O. The minimum absolute atomic E-state index is 0.0837. The Morgan fingerprint density at radius 2 is 1.61 bits per heavy atom. The van der Waals surface area contributed by atoms with E-state index in [0.29, 0.717) is 57.6 Å². The van der Waals surface area contributed by atoms with Gasteiger partial charge in [-0.15, -0.1) is 0 Å². The number of rotatable bonds is 4. The van der Waals surface area contributed by atoms with Crippen molar-refractivity contribution >= 4 is 0 Å². The molecule has 0 aromatic heterocycles. The molecule has 0 unspecified atom stereocenters. The van der Waals surface area contributed by atoms with Gasteiger partial charge < -0.3 is 38.6 Å². The quantitative estimate of drug-likeness (QED) is 0.761. The first-order chi connectivity index (χ1) is 14.8. The van der Waals surface area contributed by atoms with Gasteiger partial charge in [-0.05, 0) is 42.5 Å². The maximum atomic E-state index is 11.4. The average molecular weight is 432 g/mol. The molecule has 1 aliphatic heterocycles. The van der Waals surface area contributed by atoms with Gasteiger partial charge in [0.15, 0.2) is 23.0 Å². The van der Waals surface area contributed by atoms with Crippen molar-refractivity contribution in [3.63, 3.8) is 0 Å². The van der Waals surface area contributed by atoms with E-state index in [1.165, 1.54) is 21.3 Å². The van der Waals surface area contributed by atoms with Gasteiger partial charge in [0.25, 0.3) is 0 Å². The Morgan fingerprint density at radius 1 is 0.935 bits per heavy atom. The lowest BCUT2D eigenvalue weighted by molar-refractivity contribution is -0.0989. The van der Waals surface area contributed by atoms with Crippen LogP contribution in [0.25, 0.3) is 11.1 Å². The van der Waals surface area contributed by atoms with Gasteiger partial charge in [0.05, 0.1) is 34.0 Å². The second-order valence-corrected chi connectivity index (χ2v) is 8.02. The summed E-state index contributed by atoms with van der Waals surface area (Å²) in [7, 11) is 6.09. The number of hydrogen-bond acceptors (Lipinski definition) is 8. The van der Waals surface area contributed by atoms with Crippen molar-refractivity contribution in [2.45, 2.75) is 32.0 Å². The largest absolute Gasteiger partial charge is 0.493 e. The zero-order valence-electron chi connectivity index (χ0n) is 18.6. The van der Waals surface area contributed by atoms with Crippen LogP contribution in [0.5, 0.6) is 34.5 Å². The van der Waals surface area contributed by atoms with E-state index < -0.39 is 11.7 Å². The van der Waals surface area contributed by atoms with Gasteiger partial charge in [0.1, 0.15) is 6.10 Å². The normalized spacial score (nSPS) is 23.9. The number of hydrogen-bond donors (Lipinski definition) is 2. The van der Waals surface area contributed by atoms with Crippen LogP contribution in [-0.4, -0.2) is 51.0 Å². The molecule has 168 valence electrons. The van der Waals surface area contributed by atoms with Crippen LogP contribution in [0.1, 0.15) is 31.1 Å². The van der Waals surface area contributed by atoms with Crippen LogP contribution in [0.4, 0.5) is 0 Å². The number of fused-ring (bicyclic) bond motifs is 4. The highest BCUT2D eigenvalue weighted by atomic mass is 16.7. The first kappa shape index (κ1) is 21.4. The predicted molar refractivity (Wildman–Crippen MR) is 113 cm³/mol. The number of benzene rings is 2. The van der Waals surface area contributed by atoms with Gasteiger partial charge in [0, 0.05) is 11.1 Å². The van der Waals surface area contributed by atoms with Gasteiger partial charge in [-0.25, -0.2) is 0 Å². The van der Waals surface area contributed by atoms with Crippen molar-refractivity contribution in [3.8, 4) is 45.6 Å². The van der Waals surface area contributed by atoms with Crippen LogP contribution in [0, 0.1) is 5.92 Å². The fourth-order valence-corrected chi connectivity index (χ4v) is 4.46. The lowest BCUT2D eigenvalue weighted by Crippen LogP contribution is -2.41. The van der Waals surface area contributed by atoms with E-state index in [2.05, 4.69) is 0 Å². The highest BCUT2D eigenvalue weighted by molar-refractivity contribution is 5.89. The highest BCUT2D eigenvalue weighted by Gasteiger charge is 2.44. The van der Waals surface area contributed by atoms with Crippen LogP contribution >= 0.6 is 0 Å². The van der Waals surface area contributed by atoms with Gasteiger partial charge >= 0.3 is 0 Å². The molecule has 2 aromatic rings. The zero-order chi connectivity index (χ0) is 22.5. The lowest BCUT2D eigenvalue weighted by Gasteiger charge is -2.39. The molecule has 0 amide bonds. The second kappa shape index (κ2) is 7.69. The Morgan fingerprint density at radius 3 is 2.23 bits per heavy atom. The van der Waals surface area contributed by atoms with Crippen molar-refractivity contribution in [2.24, 2.45) is 5.92 Å². The fourth-order valence-electron chi connectivity index (χ4n) is 4.46. The minimum atomic E-state index is -1.43. The molecule has 0 bridgehead atoms. The number of aliphatic hydroxyl groups is 2. The molecule has 0 fully saturated rings. The van der Waals surface area contributed by atoms with E-state index in [4.69, 9.17) is 28.4 Å². The van der Waals surface area contributed by atoms with Crippen molar-refractivity contribution < 1.29 is 38.6 Å². The molecule has 0 saturated carbocycles. The van der Waals surface area contributed by atoms with Crippen LogP contribution in [-0.2, 0) is 6.42 Å². The maximum absolute atomic E-state index is 11.4. The van der Waals surface area contributed by atoms with E-state index in [1.807, 2.05) is 13.0 Å². The van der Waals surface area contributed by atoms with Gasteiger partial charge in [-0.3, -0.25) is 0 Å². The molecular formula is C23H28O8. The smallest absolute Gasteiger partial charge is 0.231 e. The predicted octanol–water partition coefficient (Wildman–Crippen LogP) is 3.09. The molecule has 3 atom stereocenters. The molecule has 4 rings (SSSR count). The van der Waals surface area contributed by atoms with E-state index in [9.17, 15) is 10.2 Å². The van der Waals surface area contributed by atoms with E-state index >= 15 is 0 Å². The molecule has 8 nitrogen and oxygen atoms in total. The van der Waals surface area contributed by atoms with Crippen LogP contribution in [0.2, 0.25) is 0 Å². The zero-order valence-corrected chi connectivity index (χ0v) is 18.6. The Labute approximate surface area is 181 Å². The van der Waals surface area contributed by atoms with E-state index in [1.54, 1.807) is 20.1 Å². The fraction of sp³-hybridized carbons (Fsp3) is 0.478. The Bertz CT molecular complexity index is 1010. The topological polar surface area (TPSA) is 95.8 Å². The van der Waals surface area contributed by atoms with Crippen molar-refractivity contribution in [3.05, 3.63) is 23.3 Å². The summed E-state index contributed by atoms with van der Waals surface area (Å²) in [5.41, 5.74) is 1.11. The first-order valence-electron chi connectivity index (χ1n) is 10.0. The summed E-state index contributed by atoms with van der Waals surface area (Å²) in [6.07, 6.45) is -0.766. The van der Waals surface area contributed by atoms with E-state index in [0.717, 1.165) is 5.56 Å². The Kier molecular flexibility index (Phi) is 5.31. The summed E-state index contributed by atoms with van der Waals surface area (Å²) < 4.78 is 34.0. The third-order valence-electron chi connectivity index (χ3n) is 6.39. The number of ether oxygens (including phenoxy) is 6. The summed E-state index contributed by atoms with van der Waals surface area (Å²) in [6, 6.07) is 3.56. The van der Waals surface area contributed by atoms with Crippen molar-refractivity contribution in [1.82, 2.24) is 0 Å². The van der Waals surface area contributed by atoms with Crippen LogP contribution in [0.3, 0.4) is 0 Å². The molecule has 1 aliphatic carbocycles. The van der Waals surface area contributed by atoms with Crippen molar-refractivity contribution in [2.75, 3.05) is 35.2 Å². The van der Waals surface area contributed by atoms with Crippen LogP contribution < -0.4 is 28.4 Å². The van der Waals surface area contributed by atoms with Crippen LogP contribution in [0.15, 0.2) is 12.1 Å². The average Bonchev–Trinajstić information content (AvgIpc) is 3.23. The van der Waals surface area contributed by atoms with Gasteiger partial charge in [0.2, 0.25) is 18.3 Å². The highest BCUT2D eigenvalue weighted by Crippen LogP contribution is 2.58. The van der Waals surface area contributed by atoms with Gasteiger partial charge in [-0.2, -0.15) is 0 Å². The Balaban J connectivity index is 2.19. The van der Waals surface area contributed by atoms with Crippen molar-refractivity contribution in [1.29, 1.82) is 0 Å². The van der Waals surface area contributed by atoms with Gasteiger partial charge in [-0.1, -0.05) is 6.92 Å². The monoisotopic (exact) mass is 432 g/mol. The molecule has 1 heterocycles. The standard InChI is InChI=1S/C23H28O8/c1-11-7-12-8-15-19(31-10-30-15)20(28-5)16(12)17-13(22(24)23(11,2)25)9-14(26-3)18(27-4)21(17)29-6/h8-9,11,22,24-25H,7,10H2,1-6H3/t11-,22-,23-/m1/s1. The molecule has 2 N–H and O–H groups in total. The first-order valence-corrected chi connectivity index (χ1v) is 10.0. The third-order valence-corrected chi connectivity index (χ3v) is 6.39. The molecule has 8 heteroatoms. The molecule has 2 aliphatic rings. The summed E-state index contributed by atoms with van der Waals surface area (Å²) >= 11 is 0. The molecular weight excluding hydrogens is 404 g/mol. The molecule has 0 spiro atoms.